The van der Waals surface area contributed by atoms with Gasteiger partial charge in [0.25, 0.3) is 5.91 Å². The zero-order valence-corrected chi connectivity index (χ0v) is 14.8. The predicted molar refractivity (Wildman–Crippen MR) is 104 cm³/mol. The molecule has 1 amide bonds. The summed E-state index contributed by atoms with van der Waals surface area (Å²) < 4.78 is 0. The Balaban J connectivity index is 1.60. The number of benzene rings is 2. The summed E-state index contributed by atoms with van der Waals surface area (Å²) in [4.78, 5) is 14.4. The number of rotatable bonds is 7. The number of nitrogens with zero attached hydrogens (tertiary/aromatic N) is 3. The molecule has 26 heavy (non-hydrogen) atoms. The summed E-state index contributed by atoms with van der Waals surface area (Å²) in [5.41, 5.74) is 2.46. The highest BCUT2D eigenvalue weighted by molar-refractivity contribution is 6.04. The van der Waals surface area contributed by atoms with Gasteiger partial charge in [-0.25, -0.2) is 0 Å². The standard InChI is InChI=1S/C21H22N4O/c1-2-25(18-11-7-4-8-12-18)21(26)19-13-14-20(24-23-19)22-16-15-17-9-5-3-6-10-17/h3-14H,2,15-16H2,1H3,(H,22,24). The highest BCUT2D eigenvalue weighted by Crippen LogP contribution is 2.16. The van der Waals surface area contributed by atoms with Crippen molar-refractivity contribution in [2.75, 3.05) is 23.3 Å². The summed E-state index contributed by atoms with van der Waals surface area (Å²) in [7, 11) is 0. The molecule has 0 unspecified atom stereocenters. The van der Waals surface area contributed by atoms with Crippen molar-refractivity contribution in [1.29, 1.82) is 0 Å². The van der Waals surface area contributed by atoms with Crippen molar-refractivity contribution in [3.63, 3.8) is 0 Å². The first-order valence-electron chi connectivity index (χ1n) is 8.76. The maximum atomic E-state index is 12.7. The van der Waals surface area contributed by atoms with Gasteiger partial charge in [0.15, 0.2) is 5.69 Å². The topological polar surface area (TPSA) is 58.1 Å². The molecule has 5 nitrogen and oxygen atoms in total. The van der Waals surface area contributed by atoms with Crippen LogP contribution in [0.3, 0.4) is 0 Å². The molecule has 3 rings (SSSR count). The number of aromatic nitrogens is 2. The fourth-order valence-corrected chi connectivity index (χ4v) is 2.71. The van der Waals surface area contributed by atoms with Crippen LogP contribution in [0.5, 0.6) is 0 Å². The third kappa shape index (κ3) is 4.45. The molecule has 1 N–H and O–H groups in total. The van der Waals surface area contributed by atoms with Crippen molar-refractivity contribution in [3.05, 3.63) is 84.1 Å². The Kier molecular flexibility index (Phi) is 5.93. The molecule has 5 heteroatoms. The van der Waals surface area contributed by atoms with E-state index in [4.69, 9.17) is 0 Å². The maximum Gasteiger partial charge on any atom is 0.278 e. The van der Waals surface area contributed by atoms with E-state index in [1.165, 1.54) is 5.56 Å². The van der Waals surface area contributed by atoms with E-state index in [0.717, 1.165) is 18.7 Å². The summed E-state index contributed by atoms with van der Waals surface area (Å²) in [6, 6.07) is 23.3. The molecule has 1 aromatic heterocycles. The first-order chi connectivity index (χ1) is 12.8. The number of carbonyl (C=O) groups is 1. The van der Waals surface area contributed by atoms with Gasteiger partial charge in [0, 0.05) is 18.8 Å². The van der Waals surface area contributed by atoms with Crippen LogP contribution >= 0.6 is 0 Å². The normalized spacial score (nSPS) is 10.3. The van der Waals surface area contributed by atoms with E-state index in [0.29, 0.717) is 18.1 Å². The minimum absolute atomic E-state index is 0.151. The van der Waals surface area contributed by atoms with Gasteiger partial charge in [0.1, 0.15) is 5.82 Å². The van der Waals surface area contributed by atoms with Gasteiger partial charge in [0.05, 0.1) is 0 Å². The van der Waals surface area contributed by atoms with Gasteiger partial charge in [-0.15, -0.1) is 10.2 Å². The molecule has 0 aliphatic heterocycles. The average molecular weight is 346 g/mol. The Morgan fingerprint density at radius 3 is 2.23 bits per heavy atom. The summed E-state index contributed by atoms with van der Waals surface area (Å²) in [5.74, 6) is 0.516. The van der Waals surface area contributed by atoms with E-state index >= 15 is 0 Å². The van der Waals surface area contributed by atoms with Gasteiger partial charge in [-0.1, -0.05) is 48.5 Å². The lowest BCUT2D eigenvalue weighted by atomic mass is 10.1. The Morgan fingerprint density at radius 1 is 0.923 bits per heavy atom. The molecule has 132 valence electrons. The number of para-hydroxylation sites is 1. The van der Waals surface area contributed by atoms with Gasteiger partial charge in [0.2, 0.25) is 0 Å². The number of anilines is 2. The SMILES string of the molecule is CCN(C(=O)c1ccc(NCCc2ccccc2)nn1)c1ccccc1. The van der Waals surface area contributed by atoms with E-state index in [2.05, 4.69) is 27.6 Å². The van der Waals surface area contributed by atoms with Gasteiger partial charge in [-0.2, -0.15) is 0 Å². The van der Waals surface area contributed by atoms with Crippen molar-refractivity contribution in [2.24, 2.45) is 0 Å². The minimum Gasteiger partial charge on any atom is -0.368 e. The molecular weight excluding hydrogens is 324 g/mol. The molecule has 0 atom stereocenters. The maximum absolute atomic E-state index is 12.7. The van der Waals surface area contributed by atoms with Crippen molar-refractivity contribution in [1.82, 2.24) is 10.2 Å². The average Bonchev–Trinajstić information content (AvgIpc) is 2.71. The molecule has 0 spiro atoms. The van der Waals surface area contributed by atoms with Crippen LogP contribution in [-0.2, 0) is 6.42 Å². The molecule has 2 aromatic carbocycles. The van der Waals surface area contributed by atoms with Crippen LogP contribution in [0.1, 0.15) is 23.0 Å². The lowest BCUT2D eigenvalue weighted by Gasteiger charge is -2.20. The monoisotopic (exact) mass is 346 g/mol. The molecule has 0 aliphatic rings. The van der Waals surface area contributed by atoms with E-state index in [1.54, 1.807) is 17.0 Å². The first kappa shape index (κ1) is 17.6. The van der Waals surface area contributed by atoms with Gasteiger partial charge < -0.3 is 10.2 Å². The van der Waals surface area contributed by atoms with Gasteiger partial charge >= 0.3 is 0 Å². The Labute approximate surface area is 153 Å². The fourth-order valence-electron chi connectivity index (χ4n) is 2.71. The lowest BCUT2D eigenvalue weighted by molar-refractivity contribution is 0.0982. The number of hydrogen-bond acceptors (Lipinski definition) is 4. The molecule has 1 heterocycles. The smallest absolute Gasteiger partial charge is 0.278 e. The summed E-state index contributed by atoms with van der Waals surface area (Å²) in [6.45, 7) is 3.27. The largest absolute Gasteiger partial charge is 0.368 e. The predicted octanol–water partition coefficient (Wildman–Crippen LogP) is 3.80. The summed E-state index contributed by atoms with van der Waals surface area (Å²) >= 11 is 0. The second kappa shape index (κ2) is 8.76. The van der Waals surface area contributed by atoms with E-state index in [-0.39, 0.29) is 5.91 Å². The van der Waals surface area contributed by atoms with E-state index < -0.39 is 0 Å². The zero-order valence-electron chi connectivity index (χ0n) is 14.8. The van der Waals surface area contributed by atoms with E-state index in [9.17, 15) is 4.79 Å². The Morgan fingerprint density at radius 2 is 1.62 bits per heavy atom. The summed E-state index contributed by atoms with van der Waals surface area (Å²) in [5, 5.41) is 11.5. The van der Waals surface area contributed by atoms with Crippen LogP contribution in [0.4, 0.5) is 11.5 Å². The number of carbonyl (C=O) groups excluding carboxylic acids is 1. The van der Waals surface area contributed by atoms with Crippen molar-refractivity contribution < 1.29 is 4.79 Å². The molecule has 0 saturated carbocycles. The van der Waals surface area contributed by atoms with Gasteiger partial charge in [-0.3, -0.25) is 4.79 Å². The zero-order chi connectivity index (χ0) is 18.2. The molecular formula is C21H22N4O. The number of amides is 1. The van der Waals surface area contributed by atoms with Crippen LogP contribution in [0.2, 0.25) is 0 Å². The minimum atomic E-state index is -0.151. The first-order valence-corrected chi connectivity index (χ1v) is 8.76. The molecule has 0 radical (unpaired) electrons. The second-order valence-electron chi connectivity index (χ2n) is 5.85. The van der Waals surface area contributed by atoms with Crippen molar-refractivity contribution in [2.45, 2.75) is 13.3 Å². The van der Waals surface area contributed by atoms with Gasteiger partial charge in [-0.05, 0) is 43.2 Å². The number of hydrogen-bond donors (Lipinski definition) is 1. The van der Waals surface area contributed by atoms with E-state index in [1.807, 2.05) is 55.5 Å². The molecule has 0 fully saturated rings. The summed E-state index contributed by atoms with van der Waals surface area (Å²) in [6.07, 6.45) is 0.904. The van der Waals surface area contributed by atoms with Crippen molar-refractivity contribution in [3.8, 4) is 0 Å². The fraction of sp³-hybridized carbons (Fsp3) is 0.190. The van der Waals surface area contributed by atoms with Crippen molar-refractivity contribution >= 4 is 17.4 Å². The third-order valence-electron chi connectivity index (χ3n) is 4.08. The highest BCUT2D eigenvalue weighted by atomic mass is 16.2. The highest BCUT2D eigenvalue weighted by Gasteiger charge is 2.17. The van der Waals surface area contributed by atoms with Crippen LogP contribution in [0, 0.1) is 0 Å². The van der Waals surface area contributed by atoms with Crippen LogP contribution in [0.15, 0.2) is 72.8 Å². The Hall–Kier alpha value is -3.21. The quantitative estimate of drug-likeness (QED) is 0.707. The van der Waals surface area contributed by atoms with Crippen LogP contribution in [-0.4, -0.2) is 29.2 Å². The van der Waals surface area contributed by atoms with Crippen LogP contribution < -0.4 is 10.2 Å². The molecule has 0 saturated heterocycles. The molecule has 0 bridgehead atoms. The Bertz CT molecular complexity index is 820. The second-order valence-corrected chi connectivity index (χ2v) is 5.85. The third-order valence-corrected chi connectivity index (χ3v) is 4.08. The molecule has 0 aliphatic carbocycles. The number of nitrogens with one attached hydrogen (secondary N) is 1. The lowest BCUT2D eigenvalue weighted by Crippen LogP contribution is -2.31. The van der Waals surface area contributed by atoms with Crippen LogP contribution in [0.25, 0.3) is 0 Å². The molecule has 3 aromatic rings.